The largest absolute Gasteiger partial charge is 0.450 e. The Morgan fingerprint density at radius 1 is 1.15 bits per heavy atom. The van der Waals surface area contributed by atoms with Gasteiger partial charge < -0.3 is 9.64 Å². The molecule has 9 heteroatoms. The molecule has 0 saturated carbocycles. The number of hydrogen-bond donors (Lipinski definition) is 1. The number of carbonyl (C=O) groups excluding carboxylic acids is 2. The third kappa shape index (κ3) is 5.00. The second kappa shape index (κ2) is 9.40. The maximum atomic E-state index is 12.0. The van der Waals surface area contributed by atoms with Gasteiger partial charge in [0, 0.05) is 13.1 Å². The van der Waals surface area contributed by atoms with Crippen LogP contribution < -0.4 is 10.2 Å². The number of benzene rings is 1. The smallest absolute Gasteiger partial charge is 0.413 e. The van der Waals surface area contributed by atoms with Crippen LogP contribution >= 0.6 is 11.8 Å². The van der Waals surface area contributed by atoms with Crippen molar-refractivity contribution in [3.8, 4) is 5.69 Å². The molecular formula is C18H23N5O3S. The molecule has 0 unspecified atom stereocenters. The van der Waals surface area contributed by atoms with Gasteiger partial charge in [-0.2, -0.15) is 0 Å². The van der Waals surface area contributed by atoms with Crippen molar-refractivity contribution in [3.63, 3.8) is 0 Å². The average molecular weight is 389 g/mol. The third-order valence-electron chi connectivity index (χ3n) is 4.12. The SMILES string of the molecule is CCOC(=O)NC(=O)CSc1nnc(N2CCCCC2)n1-c1ccccc1. The molecule has 2 heterocycles. The molecule has 1 saturated heterocycles. The summed E-state index contributed by atoms with van der Waals surface area (Å²) in [7, 11) is 0. The normalized spacial score (nSPS) is 14.0. The molecule has 1 aromatic carbocycles. The zero-order valence-electron chi connectivity index (χ0n) is 15.3. The van der Waals surface area contributed by atoms with E-state index in [0.717, 1.165) is 37.6 Å². The quantitative estimate of drug-likeness (QED) is 0.760. The molecule has 1 N–H and O–H groups in total. The Morgan fingerprint density at radius 2 is 1.89 bits per heavy atom. The first kappa shape index (κ1) is 19.2. The Bertz CT molecular complexity index is 775. The minimum Gasteiger partial charge on any atom is -0.450 e. The number of alkyl carbamates (subject to hydrolysis) is 1. The van der Waals surface area contributed by atoms with Crippen LogP contribution in [0.3, 0.4) is 0 Å². The zero-order chi connectivity index (χ0) is 19.1. The minimum atomic E-state index is -0.735. The molecule has 144 valence electrons. The van der Waals surface area contributed by atoms with Gasteiger partial charge >= 0.3 is 6.09 Å². The van der Waals surface area contributed by atoms with Gasteiger partial charge in [0.1, 0.15) is 0 Å². The maximum absolute atomic E-state index is 12.0. The summed E-state index contributed by atoms with van der Waals surface area (Å²) in [6.07, 6.45) is 2.76. The lowest BCUT2D eigenvalue weighted by molar-refractivity contribution is -0.117. The number of nitrogens with one attached hydrogen (secondary N) is 1. The van der Waals surface area contributed by atoms with E-state index in [4.69, 9.17) is 4.74 Å². The van der Waals surface area contributed by atoms with E-state index in [0.29, 0.717) is 5.16 Å². The third-order valence-corrected chi connectivity index (χ3v) is 5.05. The van der Waals surface area contributed by atoms with Gasteiger partial charge in [0.15, 0.2) is 5.16 Å². The Labute approximate surface area is 162 Å². The zero-order valence-corrected chi connectivity index (χ0v) is 16.1. The minimum absolute atomic E-state index is 0.0454. The molecule has 0 aliphatic carbocycles. The molecule has 1 aliphatic rings. The van der Waals surface area contributed by atoms with Crippen LogP contribution in [0.1, 0.15) is 26.2 Å². The molecule has 2 aromatic rings. The fourth-order valence-electron chi connectivity index (χ4n) is 2.90. The first-order valence-corrected chi connectivity index (χ1v) is 10.0. The second-order valence-electron chi connectivity index (χ2n) is 6.06. The van der Waals surface area contributed by atoms with Crippen LogP contribution in [0.4, 0.5) is 10.7 Å². The molecule has 0 spiro atoms. The van der Waals surface area contributed by atoms with Crippen molar-refractivity contribution in [2.24, 2.45) is 0 Å². The lowest BCUT2D eigenvalue weighted by Gasteiger charge is -2.27. The number of amides is 2. The number of para-hydroxylation sites is 1. The van der Waals surface area contributed by atoms with E-state index in [1.54, 1.807) is 6.92 Å². The van der Waals surface area contributed by atoms with Gasteiger partial charge in [-0.3, -0.25) is 14.7 Å². The highest BCUT2D eigenvalue weighted by molar-refractivity contribution is 7.99. The lowest BCUT2D eigenvalue weighted by atomic mass is 10.1. The number of aromatic nitrogens is 3. The van der Waals surface area contributed by atoms with E-state index in [1.807, 2.05) is 34.9 Å². The Kier molecular flexibility index (Phi) is 6.69. The highest BCUT2D eigenvalue weighted by Crippen LogP contribution is 2.28. The van der Waals surface area contributed by atoms with Crippen LogP contribution in [-0.4, -0.2) is 52.2 Å². The van der Waals surface area contributed by atoms with Gasteiger partial charge in [-0.05, 0) is 38.3 Å². The number of ether oxygens (including phenoxy) is 1. The van der Waals surface area contributed by atoms with Crippen LogP contribution in [0.5, 0.6) is 0 Å². The summed E-state index contributed by atoms with van der Waals surface area (Å²) in [5.41, 5.74) is 0.941. The number of piperidine rings is 1. The molecule has 2 amide bonds. The van der Waals surface area contributed by atoms with Crippen molar-refractivity contribution in [2.45, 2.75) is 31.3 Å². The van der Waals surface area contributed by atoms with Gasteiger partial charge in [-0.15, -0.1) is 10.2 Å². The van der Waals surface area contributed by atoms with Gasteiger partial charge in [-0.25, -0.2) is 4.79 Å². The number of nitrogens with zero attached hydrogens (tertiary/aromatic N) is 4. The first-order valence-electron chi connectivity index (χ1n) is 9.04. The maximum Gasteiger partial charge on any atom is 0.413 e. The predicted molar refractivity (Wildman–Crippen MR) is 103 cm³/mol. The van der Waals surface area contributed by atoms with E-state index in [1.165, 1.54) is 18.2 Å². The van der Waals surface area contributed by atoms with Crippen LogP contribution in [0.25, 0.3) is 5.69 Å². The van der Waals surface area contributed by atoms with Gasteiger partial charge in [0.05, 0.1) is 18.0 Å². The molecule has 0 bridgehead atoms. The van der Waals surface area contributed by atoms with Crippen molar-refractivity contribution in [3.05, 3.63) is 30.3 Å². The van der Waals surface area contributed by atoms with Crippen LogP contribution in [0.15, 0.2) is 35.5 Å². The molecular weight excluding hydrogens is 366 g/mol. The fourth-order valence-corrected chi connectivity index (χ4v) is 3.65. The highest BCUT2D eigenvalue weighted by atomic mass is 32.2. The predicted octanol–water partition coefficient (Wildman–Crippen LogP) is 2.62. The summed E-state index contributed by atoms with van der Waals surface area (Å²) < 4.78 is 6.69. The van der Waals surface area contributed by atoms with E-state index in [9.17, 15) is 9.59 Å². The molecule has 8 nitrogen and oxygen atoms in total. The summed E-state index contributed by atoms with van der Waals surface area (Å²) in [5, 5.41) is 11.5. The number of imide groups is 1. The Balaban J connectivity index is 1.77. The van der Waals surface area contributed by atoms with Crippen LogP contribution in [-0.2, 0) is 9.53 Å². The molecule has 0 atom stereocenters. The van der Waals surface area contributed by atoms with Crippen molar-refractivity contribution in [1.82, 2.24) is 20.1 Å². The van der Waals surface area contributed by atoms with Gasteiger partial charge in [0.2, 0.25) is 11.9 Å². The second-order valence-corrected chi connectivity index (χ2v) is 7.00. The molecule has 0 radical (unpaired) electrons. The monoisotopic (exact) mass is 389 g/mol. The summed E-state index contributed by atoms with van der Waals surface area (Å²) in [4.78, 5) is 25.5. The van der Waals surface area contributed by atoms with Crippen LogP contribution in [0.2, 0.25) is 0 Å². The highest BCUT2D eigenvalue weighted by Gasteiger charge is 2.22. The van der Waals surface area contributed by atoms with Crippen molar-refractivity contribution in [1.29, 1.82) is 0 Å². The summed E-state index contributed by atoms with van der Waals surface area (Å²) >= 11 is 1.24. The van der Waals surface area contributed by atoms with E-state index in [2.05, 4.69) is 20.4 Å². The fraction of sp³-hybridized carbons (Fsp3) is 0.444. The van der Waals surface area contributed by atoms with Gasteiger partial charge in [-0.1, -0.05) is 30.0 Å². The number of hydrogen-bond acceptors (Lipinski definition) is 7. The standard InChI is InChI=1S/C18H23N5O3S/c1-2-26-18(25)19-15(24)13-27-17-21-20-16(22-11-7-4-8-12-22)23(17)14-9-5-3-6-10-14/h3,5-6,9-10H,2,4,7-8,11-13H2,1H3,(H,19,24,25). The lowest BCUT2D eigenvalue weighted by Crippen LogP contribution is -2.32. The van der Waals surface area contributed by atoms with Crippen molar-refractivity contribution < 1.29 is 14.3 Å². The molecule has 27 heavy (non-hydrogen) atoms. The Hall–Kier alpha value is -2.55. The Morgan fingerprint density at radius 3 is 2.59 bits per heavy atom. The van der Waals surface area contributed by atoms with E-state index < -0.39 is 12.0 Å². The number of thioether (sulfide) groups is 1. The summed E-state index contributed by atoms with van der Waals surface area (Å²) in [6.45, 7) is 3.79. The molecule has 1 fully saturated rings. The van der Waals surface area contributed by atoms with E-state index >= 15 is 0 Å². The summed E-state index contributed by atoms with van der Waals surface area (Å²) in [6, 6.07) is 9.83. The van der Waals surface area contributed by atoms with E-state index in [-0.39, 0.29) is 12.4 Å². The number of anilines is 1. The molecule has 1 aromatic heterocycles. The van der Waals surface area contributed by atoms with Crippen molar-refractivity contribution in [2.75, 3.05) is 30.3 Å². The molecule has 1 aliphatic heterocycles. The molecule has 3 rings (SSSR count). The summed E-state index contributed by atoms with van der Waals surface area (Å²) in [5.74, 6) is 0.402. The van der Waals surface area contributed by atoms with Gasteiger partial charge in [0.25, 0.3) is 0 Å². The average Bonchev–Trinajstić information content (AvgIpc) is 3.12. The topological polar surface area (TPSA) is 89.3 Å². The van der Waals surface area contributed by atoms with Crippen molar-refractivity contribution >= 4 is 29.7 Å². The number of rotatable bonds is 6. The first-order chi connectivity index (χ1) is 13.2. The van der Waals surface area contributed by atoms with Crippen LogP contribution in [0, 0.1) is 0 Å². The number of carbonyl (C=O) groups is 2.